The van der Waals surface area contributed by atoms with Crippen LogP contribution in [0.2, 0.25) is 0 Å². The van der Waals surface area contributed by atoms with E-state index in [-0.39, 0.29) is 17.4 Å². The van der Waals surface area contributed by atoms with Crippen LogP contribution in [0.1, 0.15) is 27.7 Å². The van der Waals surface area contributed by atoms with Gasteiger partial charge in [0.1, 0.15) is 0 Å². The van der Waals surface area contributed by atoms with E-state index in [0.29, 0.717) is 12.1 Å². The number of nitrogens with one attached hydrogen (secondary N) is 1. The Labute approximate surface area is 110 Å². The van der Waals surface area contributed by atoms with Gasteiger partial charge in [0.2, 0.25) is 5.91 Å². The average Bonchev–Trinajstić information content (AvgIpc) is 2.34. The van der Waals surface area contributed by atoms with Gasteiger partial charge >= 0.3 is 0 Å². The van der Waals surface area contributed by atoms with Gasteiger partial charge in [-0.1, -0.05) is 27.4 Å². The summed E-state index contributed by atoms with van der Waals surface area (Å²) in [6, 6.07) is 0.0777. The van der Waals surface area contributed by atoms with Crippen molar-refractivity contribution >= 4 is 5.91 Å². The first kappa shape index (κ1) is 15.2. The molecule has 1 N–H and O–H groups in total. The number of amides is 1. The molecule has 1 fully saturated rings. The molecule has 0 bridgehead atoms. The predicted octanol–water partition coefficient (Wildman–Crippen LogP) is 1.43. The van der Waals surface area contributed by atoms with Crippen LogP contribution < -0.4 is 5.32 Å². The molecule has 1 rings (SSSR count). The van der Waals surface area contributed by atoms with E-state index in [0.717, 1.165) is 26.3 Å². The Bertz CT molecular complexity index is 301. The van der Waals surface area contributed by atoms with E-state index in [1.807, 2.05) is 6.92 Å². The molecule has 104 valence electrons. The molecule has 1 saturated heterocycles. The molecular formula is C14H26N2O2. The molecule has 0 radical (unpaired) electrons. The summed E-state index contributed by atoms with van der Waals surface area (Å²) in [6.07, 6.45) is 0. The van der Waals surface area contributed by atoms with E-state index in [1.165, 1.54) is 0 Å². The van der Waals surface area contributed by atoms with Gasteiger partial charge in [-0.05, 0) is 12.3 Å². The van der Waals surface area contributed by atoms with Gasteiger partial charge in [0.25, 0.3) is 0 Å². The van der Waals surface area contributed by atoms with Crippen LogP contribution in [0.25, 0.3) is 0 Å². The first-order valence-corrected chi connectivity index (χ1v) is 6.60. The SMILES string of the molecule is C=C(C(=O)NCC(C)(C)C)C(C)N1CCOCC1. The second kappa shape index (κ2) is 6.34. The summed E-state index contributed by atoms with van der Waals surface area (Å²) in [5, 5.41) is 2.95. The van der Waals surface area contributed by atoms with Gasteiger partial charge in [-0.15, -0.1) is 0 Å². The van der Waals surface area contributed by atoms with Gasteiger partial charge in [-0.2, -0.15) is 0 Å². The van der Waals surface area contributed by atoms with Crippen LogP contribution in [0.5, 0.6) is 0 Å². The quantitative estimate of drug-likeness (QED) is 0.772. The Morgan fingerprint density at radius 2 is 1.94 bits per heavy atom. The third-order valence-electron chi connectivity index (χ3n) is 3.17. The minimum absolute atomic E-state index is 0.0380. The van der Waals surface area contributed by atoms with E-state index >= 15 is 0 Å². The number of nitrogens with zero attached hydrogens (tertiary/aromatic N) is 1. The molecule has 4 nitrogen and oxygen atoms in total. The number of hydrogen-bond donors (Lipinski definition) is 1. The molecule has 1 amide bonds. The first-order valence-electron chi connectivity index (χ1n) is 6.60. The van der Waals surface area contributed by atoms with Gasteiger partial charge in [0.15, 0.2) is 0 Å². The van der Waals surface area contributed by atoms with Gasteiger partial charge in [0, 0.05) is 31.2 Å². The maximum atomic E-state index is 12.0. The zero-order valence-corrected chi connectivity index (χ0v) is 12.1. The Morgan fingerprint density at radius 1 is 1.39 bits per heavy atom. The summed E-state index contributed by atoms with van der Waals surface area (Å²) in [5.41, 5.74) is 0.735. The lowest BCUT2D eigenvalue weighted by atomic mass is 9.96. The average molecular weight is 254 g/mol. The normalized spacial score (nSPS) is 19.3. The van der Waals surface area contributed by atoms with E-state index < -0.39 is 0 Å². The van der Waals surface area contributed by atoms with Gasteiger partial charge in [-0.3, -0.25) is 9.69 Å². The highest BCUT2D eigenvalue weighted by atomic mass is 16.5. The zero-order valence-electron chi connectivity index (χ0n) is 12.1. The van der Waals surface area contributed by atoms with E-state index in [2.05, 4.69) is 37.6 Å². The van der Waals surface area contributed by atoms with Crippen molar-refractivity contribution in [2.24, 2.45) is 5.41 Å². The summed E-state index contributed by atoms with van der Waals surface area (Å²) in [6.45, 7) is 16.1. The van der Waals surface area contributed by atoms with Gasteiger partial charge in [0.05, 0.1) is 13.2 Å². The third-order valence-corrected chi connectivity index (χ3v) is 3.17. The molecule has 0 aromatic heterocycles. The highest BCUT2D eigenvalue weighted by molar-refractivity contribution is 5.93. The fraction of sp³-hybridized carbons (Fsp3) is 0.786. The highest BCUT2D eigenvalue weighted by Gasteiger charge is 2.23. The lowest BCUT2D eigenvalue weighted by Gasteiger charge is -2.33. The lowest BCUT2D eigenvalue weighted by molar-refractivity contribution is -0.118. The zero-order chi connectivity index (χ0) is 13.8. The second-order valence-corrected chi connectivity index (χ2v) is 6.09. The number of carbonyl (C=O) groups is 1. The standard InChI is InChI=1S/C14H26N2O2/c1-11(13(17)15-10-14(3,4)5)12(2)16-6-8-18-9-7-16/h12H,1,6-10H2,2-5H3,(H,15,17). The molecule has 1 heterocycles. The number of carbonyl (C=O) groups excluding carboxylic acids is 1. The van der Waals surface area contributed by atoms with Gasteiger partial charge in [-0.25, -0.2) is 0 Å². The van der Waals surface area contributed by atoms with Crippen molar-refractivity contribution in [2.75, 3.05) is 32.8 Å². The summed E-state index contributed by atoms with van der Waals surface area (Å²) in [5.74, 6) is -0.0380. The number of ether oxygens (including phenoxy) is 1. The Balaban J connectivity index is 2.44. The molecule has 1 aliphatic rings. The van der Waals surface area contributed by atoms with Crippen molar-refractivity contribution in [3.63, 3.8) is 0 Å². The Morgan fingerprint density at radius 3 is 2.44 bits per heavy atom. The topological polar surface area (TPSA) is 41.6 Å². The van der Waals surface area contributed by atoms with Crippen LogP contribution >= 0.6 is 0 Å². The summed E-state index contributed by atoms with van der Waals surface area (Å²) in [4.78, 5) is 14.2. The van der Waals surface area contributed by atoms with E-state index in [1.54, 1.807) is 0 Å². The molecule has 1 aliphatic heterocycles. The van der Waals surface area contributed by atoms with Crippen LogP contribution in [0.3, 0.4) is 0 Å². The van der Waals surface area contributed by atoms with Gasteiger partial charge < -0.3 is 10.1 Å². The van der Waals surface area contributed by atoms with Crippen molar-refractivity contribution in [1.82, 2.24) is 10.2 Å². The maximum Gasteiger partial charge on any atom is 0.248 e. The fourth-order valence-electron chi connectivity index (χ4n) is 1.83. The molecule has 1 unspecified atom stereocenters. The molecule has 0 spiro atoms. The summed E-state index contributed by atoms with van der Waals surface area (Å²) < 4.78 is 5.31. The van der Waals surface area contributed by atoms with Crippen LogP contribution in [0, 0.1) is 5.41 Å². The molecular weight excluding hydrogens is 228 g/mol. The molecule has 0 aromatic carbocycles. The summed E-state index contributed by atoms with van der Waals surface area (Å²) in [7, 11) is 0. The Kier molecular flexibility index (Phi) is 5.35. The fourth-order valence-corrected chi connectivity index (χ4v) is 1.83. The molecule has 0 aromatic rings. The number of morpholine rings is 1. The van der Waals surface area contributed by atoms with Crippen LogP contribution in [0.15, 0.2) is 12.2 Å². The number of hydrogen-bond acceptors (Lipinski definition) is 3. The smallest absolute Gasteiger partial charge is 0.248 e. The first-order chi connectivity index (χ1) is 8.31. The number of rotatable bonds is 4. The van der Waals surface area contributed by atoms with Crippen molar-refractivity contribution < 1.29 is 9.53 Å². The van der Waals surface area contributed by atoms with Crippen LogP contribution in [-0.4, -0.2) is 49.7 Å². The monoisotopic (exact) mass is 254 g/mol. The second-order valence-electron chi connectivity index (χ2n) is 6.09. The molecule has 0 aliphatic carbocycles. The molecule has 4 heteroatoms. The highest BCUT2D eigenvalue weighted by Crippen LogP contribution is 2.13. The van der Waals surface area contributed by atoms with Crippen LogP contribution in [-0.2, 0) is 9.53 Å². The van der Waals surface area contributed by atoms with Crippen LogP contribution in [0.4, 0.5) is 0 Å². The van der Waals surface area contributed by atoms with E-state index in [9.17, 15) is 4.79 Å². The minimum atomic E-state index is -0.0380. The molecule has 18 heavy (non-hydrogen) atoms. The molecule has 0 saturated carbocycles. The largest absolute Gasteiger partial charge is 0.379 e. The van der Waals surface area contributed by atoms with Crippen molar-refractivity contribution in [3.05, 3.63) is 12.2 Å². The Hall–Kier alpha value is -0.870. The maximum absolute atomic E-state index is 12.0. The van der Waals surface area contributed by atoms with E-state index in [4.69, 9.17) is 4.74 Å². The van der Waals surface area contributed by atoms with Crippen molar-refractivity contribution in [3.8, 4) is 0 Å². The minimum Gasteiger partial charge on any atom is -0.379 e. The predicted molar refractivity (Wildman–Crippen MR) is 73.5 cm³/mol. The van der Waals surface area contributed by atoms with Crippen molar-refractivity contribution in [2.45, 2.75) is 33.7 Å². The third kappa shape index (κ3) is 4.78. The summed E-state index contributed by atoms with van der Waals surface area (Å²) >= 11 is 0. The molecule has 1 atom stereocenters. The van der Waals surface area contributed by atoms with Crippen molar-refractivity contribution in [1.29, 1.82) is 0 Å². The lowest BCUT2D eigenvalue weighted by Crippen LogP contribution is -2.46.